The third-order valence-corrected chi connectivity index (χ3v) is 5.97. The SMILES string of the molecule is CCCCSc1n[n+]2c(c(=O)[nH]1)-c1ccccc1N(C(=O)CCC)[C@@H]2c1ccco1. The molecule has 1 atom stereocenters. The topological polar surface area (TPSA) is 83.1 Å². The molecule has 0 saturated heterocycles. The first-order chi connectivity index (χ1) is 14.7. The number of thioether (sulfide) groups is 1. The van der Waals surface area contributed by atoms with Crippen molar-refractivity contribution in [2.24, 2.45) is 0 Å². The first-order valence-corrected chi connectivity index (χ1v) is 11.3. The van der Waals surface area contributed by atoms with Gasteiger partial charge in [-0.1, -0.05) is 44.2 Å². The van der Waals surface area contributed by atoms with Crippen molar-refractivity contribution in [3.05, 3.63) is 58.8 Å². The molecule has 30 heavy (non-hydrogen) atoms. The second kappa shape index (κ2) is 8.87. The number of rotatable bonds is 7. The van der Waals surface area contributed by atoms with Crippen LogP contribution in [0.2, 0.25) is 0 Å². The van der Waals surface area contributed by atoms with E-state index >= 15 is 0 Å². The van der Waals surface area contributed by atoms with E-state index in [1.807, 2.05) is 37.3 Å². The lowest BCUT2D eigenvalue weighted by molar-refractivity contribution is -0.764. The Hall–Kier alpha value is -2.87. The van der Waals surface area contributed by atoms with Crippen LogP contribution in [0.5, 0.6) is 0 Å². The van der Waals surface area contributed by atoms with Gasteiger partial charge in [-0.25, -0.2) is 4.90 Å². The van der Waals surface area contributed by atoms with E-state index in [9.17, 15) is 9.59 Å². The predicted molar refractivity (Wildman–Crippen MR) is 115 cm³/mol. The maximum atomic E-state index is 13.2. The average molecular weight is 426 g/mol. The van der Waals surface area contributed by atoms with Crippen molar-refractivity contribution in [3.63, 3.8) is 0 Å². The summed E-state index contributed by atoms with van der Waals surface area (Å²) in [6.45, 7) is 4.10. The van der Waals surface area contributed by atoms with Crippen LogP contribution in [0.25, 0.3) is 11.3 Å². The Labute approximate surface area is 179 Å². The lowest BCUT2D eigenvalue weighted by Gasteiger charge is -2.30. The number of carbonyl (C=O) groups is 1. The monoisotopic (exact) mass is 425 g/mol. The van der Waals surface area contributed by atoms with E-state index in [1.54, 1.807) is 21.9 Å². The van der Waals surface area contributed by atoms with Gasteiger partial charge < -0.3 is 4.42 Å². The fraction of sp³-hybridized carbons (Fsp3) is 0.364. The van der Waals surface area contributed by atoms with Gasteiger partial charge in [-0.2, -0.15) is 0 Å². The highest BCUT2D eigenvalue weighted by Crippen LogP contribution is 2.37. The molecule has 0 bridgehead atoms. The molecule has 0 spiro atoms. The van der Waals surface area contributed by atoms with Crippen molar-refractivity contribution in [2.45, 2.75) is 50.9 Å². The van der Waals surface area contributed by atoms with Gasteiger partial charge in [0.1, 0.15) is 0 Å². The maximum Gasteiger partial charge on any atom is 0.325 e. The summed E-state index contributed by atoms with van der Waals surface area (Å²) in [6, 6.07) is 11.0. The van der Waals surface area contributed by atoms with Gasteiger partial charge in [0.25, 0.3) is 0 Å². The Morgan fingerprint density at radius 1 is 1.23 bits per heavy atom. The maximum absolute atomic E-state index is 13.2. The van der Waals surface area contributed by atoms with Crippen LogP contribution in [0.1, 0.15) is 51.5 Å². The number of para-hydroxylation sites is 1. The number of nitrogens with one attached hydrogen (secondary N) is 1. The molecule has 0 unspecified atom stereocenters. The summed E-state index contributed by atoms with van der Waals surface area (Å²) < 4.78 is 7.35. The first-order valence-electron chi connectivity index (χ1n) is 10.3. The molecule has 1 aliphatic heterocycles. The van der Waals surface area contributed by atoms with E-state index in [2.05, 4.69) is 11.9 Å². The van der Waals surface area contributed by atoms with Crippen LogP contribution < -0.4 is 15.1 Å². The van der Waals surface area contributed by atoms with E-state index in [1.165, 1.54) is 11.8 Å². The molecule has 1 aliphatic rings. The van der Waals surface area contributed by atoms with E-state index in [0.717, 1.165) is 25.0 Å². The number of hydrogen-bond donors (Lipinski definition) is 1. The fourth-order valence-electron chi connectivity index (χ4n) is 3.65. The standard InChI is InChI=1S/C22H24N4O3S/c1-3-5-14-30-22-23-20(28)19-15-10-6-7-11-16(15)25(18(27)9-4-2)21(26(19)24-22)17-12-8-13-29-17/h6-8,10-13,21H,3-5,9,14H2,1-2H3/p+1/t21-/m0/s1. The second-order valence-electron chi connectivity index (χ2n) is 7.17. The number of hydrogen-bond acceptors (Lipinski definition) is 5. The zero-order valence-electron chi connectivity index (χ0n) is 17.1. The van der Waals surface area contributed by atoms with Crippen molar-refractivity contribution in [2.75, 3.05) is 10.7 Å². The highest BCUT2D eigenvalue weighted by atomic mass is 32.2. The number of fused-ring (bicyclic) bond motifs is 3. The number of anilines is 1. The minimum absolute atomic E-state index is 0.0354. The highest BCUT2D eigenvalue weighted by Gasteiger charge is 2.46. The quantitative estimate of drug-likeness (QED) is 0.353. The smallest absolute Gasteiger partial charge is 0.325 e. The van der Waals surface area contributed by atoms with Crippen molar-refractivity contribution in [1.82, 2.24) is 10.1 Å². The number of benzene rings is 1. The molecule has 2 aromatic heterocycles. The lowest BCUT2D eigenvalue weighted by Crippen LogP contribution is -2.60. The summed E-state index contributed by atoms with van der Waals surface area (Å²) >= 11 is 1.51. The summed E-state index contributed by atoms with van der Waals surface area (Å²) in [5, 5.41) is 5.28. The summed E-state index contributed by atoms with van der Waals surface area (Å²) in [4.78, 5) is 31.0. The number of carbonyl (C=O) groups excluding carboxylic acids is 1. The van der Waals surface area contributed by atoms with Crippen LogP contribution in [0.4, 0.5) is 5.69 Å². The van der Waals surface area contributed by atoms with Gasteiger partial charge >= 0.3 is 17.4 Å². The number of unbranched alkanes of at least 4 members (excludes halogenated alkanes) is 1. The molecule has 0 radical (unpaired) electrons. The molecule has 3 heterocycles. The van der Waals surface area contributed by atoms with Crippen LogP contribution in [0.3, 0.4) is 0 Å². The molecular formula is C22H25N4O3S+. The molecule has 3 aromatic rings. The van der Waals surface area contributed by atoms with Crippen molar-refractivity contribution >= 4 is 23.4 Å². The number of aromatic amines is 1. The molecule has 0 saturated carbocycles. The molecule has 1 N–H and O–H groups in total. The van der Waals surface area contributed by atoms with Gasteiger partial charge in [0, 0.05) is 17.3 Å². The van der Waals surface area contributed by atoms with E-state index < -0.39 is 6.17 Å². The molecule has 1 aromatic carbocycles. The van der Waals surface area contributed by atoms with Crippen LogP contribution in [-0.4, -0.2) is 21.7 Å². The van der Waals surface area contributed by atoms with Gasteiger partial charge in [-0.05, 0) is 41.8 Å². The third-order valence-electron chi connectivity index (χ3n) is 5.03. The predicted octanol–water partition coefficient (Wildman–Crippen LogP) is 3.90. The number of H-pyrrole nitrogens is 1. The molecule has 0 fully saturated rings. The van der Waals surface area contributed by atoms with Crippen LogP contribution in [0.15, 0.2) is 57.0 Å². The van der Waals surface area contributed by atoms with Crippen molar-refractivity contribution < 1.29 is 13.9 Å². The summed E-state index contributed by atoms with van der Waals surface area (Å²) in [5.41, 5.74) is 1.57. The third kappa shape index (κ3) is 3.67. The minimum Gasteiger partial charge on any atom is -0.460 e. The number of furan rings is 1. The zero-order valence-corrected chi connectivity index (χ0v) is 17.9. The number of aromatic nitrogens is 3. The molecule has 156 valence electrons. The molecule has 8 heteroatoms. The number of amides is 1. The second-order valence-corrected chi connectivity index (χ2v) is 8.26. The average Bonchev–Trinajstić information content (AvgIpc) is 3.27. The Morgan fingerprint density at radius 2 is 2.07 bits per heavy atom. The van der Waals surface area contributed by atoms with Crippen LogP contribution >= 0.6 is 11.8 Å². The van der Waals surface area contributed by atoms with Crippen LogP contribution in [-0.2, 0) is 4.79 Å². The molecule has 4 rings (SSSR count). The fourth-order valence-corrected chi connectivity index (χ4v) is 4.59. The van der Waals surface area contributed by atoms with Gasteiger partial charge in [-0.3, -0.25) is 14.6 Å². The summed E-state index contributed by atoms with van der Waals surface area (Å²) in [6.07, 6.45) is 4.13. The van der Waals surface area contributed by atoms with Crippen molar-refractivity contribution in [3.8, 4) is 11.3 Å². The molecular weight excluding hydrogens is 400 g/mol. The van der Waals surface area contributed by atoms with Crippen molar-refractivity contribution in [1.29, 1.82) is 0 Å². The highest BCUT2D eigenvalue weighted by molar-refractivity contribution is 7.99. The lowest BCUT2D eigenvalue weighted by atomic mass is 10.0. The normalized spacial score (nSPS) is 15.0. The summed E-state index contributed by atoms with van der Waals surface area (Å²) in [5.74, 6) is 1.38. The van der Waals surface area contributed by atoms with E-state index in [-0.39, 0.29) is 11.5 Å². The van der Waals surface area contributed by atoms with Gasteiger partial charge in [0.2, 0.25) is 11.1 Å². The Bertz CT molecular complexity index is 1090. The molecule has 7 nitrogen and oxygen atoms in total. The molecule has 0 aliphatic carbocycles. The summed E-state index contributed by atoms with van der Waals surface area (Å²) in [7, 11) is 0. The van der Waals surface area contributed by atoms with Gasteiger partial charge in [0.05, 0.1) is 17.5 Å². The number of nitrogens with zero attached hydrogens (tertiary/aromatic N) is 3. The Balaban J connectivity index is 1.94. The van der Waals surface area contributed by atoms with E-state index in [4.69, 9.17) is 9.52 Å². The first kappa shape index (κ1) is 20.4. The van der Waals surface area contributed by atoms with Crippen LogP contribution in [0, 0.1) is 0 Å². The molecule has 1 amide bonds. The largest absolute Gasteiger partial charge is 0.460 e. The Kier molecular flexibility index (Phi) is 6.03. The van der Waals surface area contributed by atoms with Gasteiger partial charge in [0.15, 0.2) is 5.76 Å². The zero-order chi connectivity index (χ0) is 21.1. The van der Waals surface area contributed by atoms with Gasteiger partial charge in [-0.15, -0.1) is 0 Å². The van der Waals surface area contributed by atoms with E-state index in [0.29, 0.717) is 34.3 Å². The Morgan fingerprint density at radius 3 is 2.80 bits per heavy atom. The minimum atomic E-state index is -0.656.